The third kappa shape index (κ3) is 6.40. The molecule has 0 atom stereocenters. The second-order valence-corrected chi connectivity index (χ2v) is 9.60. The molecule has 0 N–H and O–H groups in total. The van der Waals surface area contributed by atoms with Crippen molar-refractivity contribution in [1.29, 1.82) is 5.26 Å². The summed E-state index contributed by atoms with van der Waals surface area (Å²) in [5.41, 5.74) is 5.92. The van der Waals surface area contributed by atoms with Crippen LogP contribution >= 0.6 is 0 Å². The number of hydrogen-bond donors (Lipinski definition) is 0. The number of nitrogens with zero attached hydrogens (tertiary/aromatic N) is 5. The first-order valence-corrected chi connectivity index (χ1v) is 12.0. The molecular formula is C27H37N5. The van der Waals surface area contributed by atoms with E-state index in [2.05, 4.69) is 82.3 Å². The fourth-order valence-electron chi connectivity index (χ4n) is 4.77. The van der Waals surface area contributed by atoms with Gasteiger partial charge in [0.25, 0.3) is 0 Å². The lowest BCUT2D eigenvalue weighted by Crippen LogP contribution is -2.43. The van der Waals surface area contributed by atoms with E-state index in [-0.39, 0.29) is 0 Å². The molecule has 0 aromatic heterocycles. The van der Waals surface area contributed by atoms with Crippen LogP contribution in [0.15, 0.2) is 53.6 Å². The predicted molar refractivity (Wildman–Crippen MR) is 132 cm³/mol. The smallest absolute Gasteiger partial charge is 0.0950 e. The predicted octanol–water partition coefficient (Wildman–Crippen LogP) is 3.23. The molecule has 2 aliphatic heterocycles. The Morgan fingerprint density at radius 3 is 2.12 bits per heavy atom. The van der Waals surface area contributed by atoms with E-state index in [4.69, 9.17) is 0 Å². The van der Waals surface area contributed by atoms with Crippen molar-refractivity contribution in [2.24, 2.45) is 0 Å². The van der Waals surface area contributed by atoms with Crippen molar-refractivity contribution in [3.8, 4) is 6.07 Å². The first-order valence-electron chi connectivity index (χ1n) is 12.0. The fourth-order valence-corrected chi connectivity index (χ4v) is 4.77. The van der Waals surface area contributed by atoms with Gasteiger partial charge in [-0.15, -0.1) is 0 Å². The maximum Gasteiger partial charge on any atom is 0.0950 e. The van der Waals surface area contributed by atoms with Crippen LogP contribution in [-0.4, -0.2) is 92.6 Å². The summed E-state index contributed by atoms with van der Waals surface area (Å²) in [4.78, 5) is 9.85. The minimum absolute atomic E-state index is 0.705. The van der Waals surface area contributed by atoms with E-state index < -0.39 is 0 Å². The van der Waals surface area contributed by atoms with Gasteiger partial charge < -0.3 is 9.80 Å². The van der Waals surface area contributed by atoms with Crippen LogP contribution in [-0.2, 0) is 6.54 Å². The number of benzene rings is 1. The van der Waals surface area contributed by atoms with Gasteiger partial charge in [-0.25, -0.2) is 0 Å². The standard InChI is InChI=1S/C27H37N5/c1-29-10-3-11-31(15-12-29)22-24-6-9-27(19-25(18-24)20-28)26-7-4-23(5-8-26)21-32-16-13-30(2)14-17-32/h4-9,18H,3,10-17,19,21-22H2,1-2H3. The van der Waals surface area contributed by atoms with Gasteiger partial charge in [0.05, 0.1) is 6.07 Å². The van der Waals surface area contributed by atoms with Crippen molar-refractivity contribution < 1.29 is 0 Å². The van der Waals surface area contributed by atoms with Gasteiger partial charge in [0.2, 0.25) is 0 Å². The van der Waals surface area contributed by atoms with Gasteiger partial charge in [0, 0.05) is 64.4 Å². The number of rotatable bonds is 5. The van der Waals surface area contributed by atoms with Gasteiger partial charge in [-0.3, -0.25) is 9.80 Å². The molecule has 0 amide bonds. The van der Waals surface area contributed by atoms with Gasteiger partial charge in [0.1, 0.15) is 0 Å². The zero-order valence-corrected chi connectivity index (χ0v) is 19.8. The highest BCUT2D eigenvalue weighted by Crippen LogP contribution is 2.27. The maximum atomic E-state index is 9.73. The molecule has 0 unspecified atom stereocenters. The molecule has 1 aliphatic carbocycles. The first-order chi connectivity index (χ1) is 15.6. The minimum Gasteiger partial charge on any atom is -0.305 e. The minimum atomic E-state index is 0.705. The lowest BCUT2D eigenvalue weighted by Gasteiger charge is -2.32. The molecule has 3 aliphatic rings. The van der Waals surface area contributed by atoms with Crippen LogP contribution in [0.2, 0.25) is 0 Å². The van der Waals surface area contributed by atoms with Crippen molar-refractivity contribution in [1.82, 2.24) is 19.6 Å². The average molecular weight is 432 g/mol. The van der Waals surface area contributed by atoms with E-state index in [9.17, 15) is 5.26 Å². The average Bonchev–Trinajstić information content (AvgIpc) is 3.14. The Morgan fingerprint density at radius 2 is 1.44 bits per heavy atom. The Labute approximate surface area is 193 Å². The Kier molecular flexibility index (Phi) is 7.94. The number of piperazine rings is 1. The Bertz CT molecular complexity index is 897. The monoisotopic (exact) mass is 431 g/mol. The molecule has 32 heavy (non-hydrogen) atoms. The van der Waals surface area contributed by atoms with E-state index in [1.165, 1.54) is 35.2 Å². The lowest BCUT2D eigenvalue weighted by atomic mass is 9.98. The highest BCUT2D eigenvalue weighted by Gasteiger charge is 2.16. The number of nitriles is 1. The molecule has 5 heteroatoms. The van der Waals surface area contributed by atoms with Crippen molar-refractivity contribution >= 4 is 5.57 Å². The topological polar surface area (TPSA) is 36.8 Å². The van der Waals surface area contributed by atoms with Crippen LogP contribution in [0.1, 0.15) is 24.0 Å². The molecule has 0 bridgehead atoms. The van der Waals surface area contributed by atoms with Crippen LogP contribution in [0.4, 0.5) is 0 Å². The molecule has 1 aromatic rings. The van der Waals surface area contributed by atoms with E-state index in [1.807, 2.05) is 0 Å². The summed E-state index contributed by atoms with van der Waals surface area (Å²) in [5, 5.41) is 9.73. The van der Waals surface area contributed by atoms with Crippen LogP contribution in [0.5, 0.6) is 0 Å². The lowest BCUT2D eigenvalue weighted by molar-refractivity contribution is 0.148. The molecule has 2 heterocycles. The summed E-state index contributed by atoms with van der Waals surface area (Å²) < 4.78 is 0. The van der Waals surface area contributed by atoms with Crippen LogP contribution in [0, 0.1) is 11.3 Å². The van der Waals surface area contributed by atoms with Gasteiger partial charge in [0.15, 0.2) is 0 Å². The zero-order valence-electron chi connectivity index (χ0n) is 19.8. The van der Waals surface area contributed by atoms with Crippen molar-refractivity contribution in [3.63, 3.8) is 0 Å². The largest absolute Gasteiger partial charge is 0.305 e. The molecule has 0 saturated carbocycles. The summed E-state index contributed by atoms with van der Waals surface area (Å²) in [7, 11) is 4.40. The highest BCUT2D eigenvalue weighted by atomic mass is 15.2. The molecule has 0 spiro atoms. The number of likely N-dealkylation sites (N-methyl/N-ethyl adjacent to an activating group) is 2. The molecule has 4 rings (SSSR count). The first kappa shape index (κ1) is 22.9. The normalized spacial score (nSPS) is 22.3. The molecule has 2 saturated heterocycles. The van der Waals surface area contributed by atoms with Gasteiger partial charge in [-0.1, -0.05) is 36.4 Å². The van der Waals surface area contributed by atoms with Crippen LogP contribution < -0.4 is 0 Å². The molecule has 1 aromatic carbocycles. The van der Waals surface area contributed by atoms with E-state index >= 15 is 0 Å². The third-order valence-electron chi connectivity index (χ3n) is 6.93. The summed E-state index contributed by atoms with van der Waals surface area (Å²) in [6.07, 6.45) is 8.49. The summed E-state index contributed by atoms with van der Waals surface area (Å²) in [6.45, 7) is 11.0. The van der Waals surface area contributed by atoms with Crippen molar-refractivity contribution in [2.75, 3.05) is 73.0 Å². The zero-order chi connectivity index (χ0) is 22.3. The van der Waals surface area contributed by atoms with Gasteiger partial charge >= 0.3 is 0 Å². The van der Waals surface area contributed by atoms with E-state index in [1.54, 1.807) is 0 Å². The van der Waals surface area contributed by atoms with Crippen molar-refractivity contribution in [3.05, 3.63) is 64.8 Å². The van der Waals surface area contributed by atoms with Crippen LogP contribution in [0.25, 0.3) is 5.57 Å². The SMILES string of the molecule is CN1CCCN(CC2=CC=C(c3ccc(CN4CCN(C)CC4)cc3)CC(C#N)=C2)CC1. The van der Waals surface area contributed by atoms with E-state index in [0.29, 0.717) is 6.42 Å². The van der Waals surface area contributed by atoms with Crippen LogP contribution in [0.3, 0.4) is 0 Å². The summed E-state index contributed by atoms with van der Waals surface area (Å²) in [6, 6.07) is 11.4. The second-order valence-electron chi connectivity index (χ2n) is 9.60. The second kappa shape index (κ2) is 11.1. The number of allylic oxidation sites excluding steroid dienone is 4. The maximum absolute atomic E-state index is 9.73. The summed E-state index contributed by atoms with van der Waals surface area (Å²) in [5.74, 6) is 0. The van der Waals surface area contributed by atoms with Gasteiger partial charge in [-0.2, -0.15) is 5.26 Å². The Hall–Kier alpha value is -2.23. The highest BCUT2D eigenvalue weighted by molar-refractivity contribution is 5.71. The quantitative estimate of drug-likeness (QED) is 0.715. The molecular weight excluding hydrogens is 394 g/mol. The van der Waals surface area contributed by atoms with Crippen molar-refractivity contribution in [2.45, 2.75) is 19.4 Å². The molecule has 170 valence electrons. The van der Waals surface area contributed by atoms with Gasteiger partial charge in [-0.05, 0) is 62.0 Å². The summed E-state index contributed by atoms with van der Waals surface area (Å²) >= 11 is 0. The third-order valence-corrected chi connectivity index (χ3v) is 6.93. The molecule has 5 nitrogen and oxygen atoms in total. The molecule has 0 radical (unpaired) electrons. The number of hydrogen-bond acceptors (Lipinski definition) is 5. The Balaban J connectivity index is 1.42. The Morgan fingerprint density at radius 1 is 0.781 bits per heavy atom. The molecule has 2 fully saturated rings. The van der Waals surface area contributed by atoms with E-state index in [0.717, 1.165) is 64.5 Å². The fraction of sp³-hybridized carbons (Fsp3) is 0.519.